The Bertz CT molecular complexity index is 881. The zero-order valence-corrected chi connectivity index (χ0v) is 18.3. The predicted octanol–water partition coefficient (Wildman–Crippen LogP) is 2.52. The van der Waals surface area contributed by atoms with Crippen molar-refractivity contribution in [3.63, 3.8) is 0 Å². The minimum absolute atomic E-state index is 0.0992. The monoisotopic (exact) mass is 501 g/mol. The molecule has 0 bridgehead atoms. The summed E-state index contributed by atoms with van der Waals surface area (Å²) < 4.78 is 91.7. The number of ether oxygens (including phenoxy) is 3. The van der Waals surface area contributed by atoms with Crippen LogP contribution in [0.3, 0.4) is 0 Å². The fraction of sp³-hybridized carbons (Fsp3) is 0.500. The Morgan fingerprint density at radius 2 is 1.21 bits per heavy atom. The molecular formula is C20H21F6NO7. The van der Waals surface area contributed by atoms with Crippen LogP contribution in [0.5, 0.6) is 0 Å². The SMILES string of the molecule is COC(=O)C(C(=O)OC)[C@@H](C)[C@@H](NC(=O)Cc1cc(C(F)(F)F)cc(C(F)(F)F)c1)C(=O)OC. The van der Waals surface area contributed by atoms with Gasteiger partial charge in [-0.2, -0.15) is 26.3 Å². The highest BCUT2D eigenvalue weighted by Crippen LogP contribution is 2.36. The molecule has 0 aliphatic rings. The summed E-state index contributed by atoms with van der Waals surface area (Å²) in [6, 6.07) is -1.08. The highest BCUT2D eigenvalue weighted by Gasteiger charge is 2.42. The summed E-state index contributed by atoms with van der Waals surface area (Å²) in [6.45, 7) is 1.19. The van der Waals surface area contributed by atoms with E-state index in [4.69, 9.17) is 0 Å². The first-order valence-corrected chi connectivity index (χ1v) is 9.38. The first-order chi connectivity index (χ1) is 15.6. The number of nitrogens with one attached hydrogen (secondary N) is 1. The molecule has 34 heavy (non-hydrogen) atoms. The molecule has 0 saturated heterocycles. The molecule has 1 amide bonds. The summed E-state index contributed by atoms with van der Waals surface area (Å²) >= 11 is 0. The summed E-state index contributed by atoms with van der Waals surface area (Å²) in [5.41, 5.74) is -3.90. The van der Waals surface area contributed by atoms with Crippen LogP contribution in [-0.2, 0) is 52.2 Å². The standard InChI is InChI=1S/C20H21F6NO7/c1-9(14(16(29)32-2)17(30)33-3)15(18(31)34-4)27-13(28)7-10-5-11(19(21,22)23)8-12(6-10)20(24,25)26/h5-6,8-9,14-15H,7H2,1-4H3,(H,27,28)/t9-,15-/m1/s1. The van der Waals surface area contributed by atoms with E-state index in [1.165, 1.54) is 6.92 Å². The minimum atomic E-state index is -5.12. The number of methoxy groups -OCH3 is 3. The van der Waals surface area contributed by atoms with Crippen LogP contribution in [0, 0.1) is 11.8 Å². The fourth-order valence-electron chi connectivity index (χ4n) is 3.04. The highest BCUT2D eigenvalue weighted by molar-refractivity contribution is 5.96. The molecule has 8 nitrogen and oxygen atoms in total. The summed E-state index contributed by atoms with van der Waals surface area (Å²) in [4.78, 5) is 48.7. The number of amides is 1. The summed E-state index contributed by atoms with van der Waals surface area (Å²) in [5, 5.41) is 2.08. The average molecular weight is 501 g/mol. The van der Waals surface area contributed by atoms with Crippen molar-refractivity contribution in [3.8, 4) is 0 Å². The maximum Gasteiger partial charge on any atom is 0.416 e. The summed E-state index contributed by atoms with van der Waals surface area (Å²) in [7, 11) is 2.81. The van der Waals surface area contributed by atoms with Gasteiger partial charge < -0.3 is 19.5 Å². The van der Waals surface area contributed by atoms with E-state index in [0.717, 1.165) is 21.3 Å². The second-order valence-electron chi connectivity index (χ2n) is 7.04. The van der Waals surface area contributed by atoms with Crippen LogP contribution in [0.25, 0.3) is 0 Å². The molecule has 0 aliphatic carbocycles. The van der Waals surface area contributed by atoms with Crippen LogP contribution in [-0.4, -0.2) is 51.2 Å². The van der Waals surface area contributed by atoms with Crippen molar-refractivity contribution in [2.24, 2.45) is 11.8 Å². The number of hydrogen-bond donors (Lipinski definition) is 1. The Kier molecular flexibility index (Phi) is 9.46. The van der Waals surface area contributed by atoms with E-state index in [1.807, 2.05) is 0 Å². The molecule has 0 spiro atoms. The van der Waals surface area contributed by atoms with Crippen LogP contribution in [0.1, 0.15) is 23.6 Å². The number of rotatable bonds is 8. The van der Waals surface area contributed by atoms with Crippen molar-refractivity contribution in [3.05, 3.63) is 34.9 Å². The molecule has 2 atom stereocenters. The molecule has 0 aromatic heterocycles. The Morgan fingerprint density at radius 3 is 1.56 bits per heavy atom. The summed E-state index contributed by atoms with van der Waals surface area (Å²) in [6.07, 6.45) is -11.2. The van der Waals surface area contributed by atoms with E-state index < -0.39 is 77.2 Å². The van der Waals surface area contributed by atoms with Crippen LogP contribution >= 0.6 is 0 Å². The Hall–Kier alpha value is -3.32. The van der Waals surface area contributed by atoms with Gasteiger partial charge in [-0.05, 0) is 23.8 Å². The molecule has 0 unspecified atom stereocenters. The van der Waals surface area contributed by atoms with Gasteiger partial charge >= 0.3 is 30.3 Å². The Labute approximate surface area is 189 Å². The second-order valence-corrected chi connectivity index (χ2v) is 7.04. The number of alkyl halides is 6. The Morgan fingerprint density at radius 1 is 0.794 bits per heavy atom. The zero-order chi connectivity index (χ0) is 26.4. The van der Waals surface area contributed by atoms with Gasteiger partial charge in [-0.25, -0.2) is 4.79 Å². The second kappa shape index (κ2) is 11.2. The number of hydrogen-bond acceptors (Lipinski definition) is 7. The van der Waals surface area contributed by atoms with Gasteiger partial charge in [0.1, 0.15) is 6.04 Å². The number of esters is 3. The fourth-order valence-corrected chi connectivity index (χ4v) is 3.04. The van der Waals surface area contributed by atoms with Gasteiger partial charge in [0.05, 0.1) is 38.9 Å². The third kappa shape index (κ3) is 7.35. The maximum atomic E-state index is 13.0. The highest BCUT2D eigenvalue weighted by atomic mass is 19.4. The molecule has 14 heteroatoms. The molecular weight excluding hydrogens is 480 g/mol. The number of halogens is 6. The molecule has 1 aromatic rings. The lowest BCUT2D eigenvalue weighted by Crippen LogP contribution is -2.51. The normalized spacial score (nSPS) is 13.6. The molecule has 1 aromatic carbocycles. The average Bonchev–Trinajstić information content (AvgIpc) is 2.75. The lowest BCUT2D eigenvalue weighted by Gasteiger charge is -2.27. The molecule has 0 radical (unpaired) electrons. The zero-order valence-electron chi connectivity index (χ0n) is 18.3. The number of carbonyl (C=O) groups excluding carboxylic acids is 4. The lowest BCUT2D eigenvalue weighted by molar-refractivity contribution is -0.163. The molecule has 1 N–H and O–H groups in total. The van der Waals surface area contributed by atoms with E-state index in [0.29, 0.717) is 12.1 Å². The van der Waals surface area contributed by atoms with Gasteiger partial charge in [0.15, 0.2) is 5.92 Å². The molecule has 0 fully saturated rings. The molecule has 0 heterocycles. The third-order valence-electron chi connectivity index (χ3n) is 4.75. The van der Waals surface area contributed by atoms with Crippen LogP contribution in [0.2, 0.25) is 0 Å². The van der Waals surface area contributed by atoms with Crippen molar-refractivity contribution >= 4 is 23.8 Å². The summed E-state index contributed by atoms with van der Waals surface area (Å²) in [5.74, 6) is -7.58. The molecule has 190 valence electrons. The number of benzene rings is 1. The first kappa shape index (κ1) is 28.7. The topological polar surface area (TPSA) is 108 Å². The van der Waals surface area contributed by atoms with Crippen molar-refractivity contribution in [2.75, 3.05) is 21.3 Å². The molecule has 1 rings (SSSR count). The van der Waals surface area contributed by atoms with E-state index in [9.17, 15) is 45.5 Å². The minimum Gasteiger partial charge on any atom is -0.468 e. The Balaban J connectivity index is 3.29. The van der Waals surface area contributed by atoms with Gasteiger partial charge in [-0.1, -0.05) is 6.92 Å². The van der Waals surface area contributed by atoms with Gasteiger partial charge in [-0.15, -0.1) is 0 Å². The quantitative estimate of drug-likeness (QED) is 0.253. The molecule has 0 aliphatic heterocycles. The van der Waals surface area contributed by atoms with Gasteiger partial charge in [0.25, 0.3) is 0 Å². The molecule has 0 saturated carbocycles. The third-order valence-corrected chi connectivity index (χ3v) is 4.75. The van der Waals surface area contributed by atoms with Crippen molar-refractivity contribution in [1.82, 2.24) is 5.32 Å². The van der Waals surface area contributed by atoms with E-state index in [-0.39, 0.29) is 6.07 Å². The van der Waals surface area contributed by atoms with Crippen molar-refractivity contribution in [1.29, 1.82) is 0 Å². The predicted molar refractivity (Wildman–Crippen MR) is 101 cm³/mol. The smallest absolute Gasteiger partial charge is 0.416 e. The van der Waals surface area contributed by atoms with Gasteiger partial charge in [0.2, 0.25) is 5.91 Å². The number of carbonyl (C=O) groups is 4. The largest absolute Gasteiger partial charge is 0.468 e. The van der Waals surface area contributed by atoms with E-state index in [1.54, 1.807) is 0 Å². The van der Waals surface area contributed by atoms with Crippen molar-refractivity contribution < 1.29 is 59.7 Å². The van der Waals surface area contributed by atoms with E-state index >= 15 is 0 Å². The first-order valence-electron chi connectivity index (χ1n) is 9.38. The maximum absolute atomic E-state index is 13.0. The van der Waals surface area contributed by atoms with Crippen LogP contribution < -0.4 is 5.32 Å². The van der Waals surface area contributed by atoms with Crippen LogP contribution in [0.4, 0.5) is 26.3 Å². The van der Waals surface area contributed by atoms with Crippen LogP contribution in [0.15, 0.2) is 18.2 Å². The lowest BCUT2D eigenvalue weighted by atomic mass is 9.87. The van der Waals surface area contributed by atoms with Crippen molar-refractivity contribution in [2.45, 2.75) is 31.7 Å². The van der Waals surface area contributed by atoms with E-state index in [2.05, 4.69) is 19.5 Å². The van der Waals surface area contributed by atoms with Gasteiger partial charge in [-0.3, -0.25) is 14.4 Å². The van der Waals surface area contributed by atoms with Gasteiger partial charge in [0, 0.05) is 5.92 Å².